The van der Waals surface area contributed by atoms with Gasteiger partial charge >= 0.3 is 12.1 Å². The smallest absolute Gasteiger partial charge is 0.417 e. The molecule has 3 aromatic carbocycles. The Morgan fingerprint density at radius 2 is 1.48 bits per heavy atom. The third-order valence-electron chi connectivity index (χ3n) is 4.12. The molecule has 0 saturated heterocycles. The minimum absolute atomic E-state index is 0.0686. The van der Waals surface area contributed by atoms with Crippen LogP contribution in [0.15, 0.2) is 84.6 Å². The van der Waals surface area contributed by atoms with E-state index < -0.39 is 34.9 Å². The summed E-state index contributed by atoms with van der Waals surface area (Å²) in [6, 6.07) is 19.1. The van der Waals surface area contributed by atoms with Crippen molar-refractivity contribution in [2.24, 2.45) is 0 Å². The van der Waals surface area contributed by atoms with Crippen LogP contribution in [0.2, 0.25) is 0 Å². The second-order valence-corrected chi connectivity index (χ2v) is 6.35. The van der Waals surface area contributed by atoms with Crippen LogP contribution in [0.1, 0.15) is 21.5 Å². The van der Waals surface area contributed by atoms with Crippen molar-refractivity contribution < 1.29 is 32.6 Å². The van der Waals surface area contributed by atoms with Crippen molar-refractivity contribution in [3.8, 4) is 11.5 Å². The van der Waals surface area contributed by atoms with Gasteiger partial charge in [-0.15, -0.1) is 0 Å². The quantitative estimate of drug-likeness (QED) is 0.520. The molecule has 0 aliphatic carbocycles. The Hall–Kier alpha value is -4.07. The minimum Gasteiger partial charge on any atom is -0.477 e. The number of hydrogen-bond donors (Lipinski definition) is 2. The molecule has 5 nitrogen and oxygen atoms in total. The highest BCUT2D eigenvalue weighted by Gasteiger charge is 2.34. The maximum Gasteiger partial charge on any atom is 0.417 e. The molecule has 0 aromatic heterocycles. The Kier molecular flexibility index (Phi) is 6.40. The molecule has 0 radical (unpaired) electrons. The van der Waals surface area contributed by atoms with Crippen molar-refractivity contribution in [2.75, 3.05) is 0 Å². The number of nitrogens with one attached hydrogen (secondary N) is 1. The van der Waals surface area contributed by atoms with Crippen LogP contribution in [-0.2, 0) is 11.0 Å². The summed E-state index contributed by atoms with van der Waals surface area (Å²) in [5.74, 6) is -2.06. The number of carbonyl (C=O) groups excluding carboxylic acids is 1. The number of ether oxygens (including phenoxy) is 1. The zero-order chi connectivity index (χ0) is 22.4. The van der Waals surface area contributed by atoms with Crippen LogP contribution in [0.3, 0.4) is 0 Å². The largest absolute Gasteiger partial charge is 0.477 e. The van der Waals surface area contributed by atoms with Crippen molar-refractivity contribution >= 4 is 18.0 Å². The first kappa shape index (κ1) is 21.6. The molecule has 0 saturated carbocycles. The monoisotopic (exact) mass is 427 g/mol. The van der Waals surface area contributed by atoms with E-state index in [4.69, 9.17) is 4.74 Å². The standard InChI is InChI=1S/C23H16F3NO4/c24-23(25,26)19-14-18(31-17-9-5-2-6-10-17)12-11-16(19)13-20(22(29)30)27-21(28)15-7-3-1-4-8-15/h1-14H,(H,27,28)(H,29,30)/b20-13+. The summed E-state index contributed by atoms with van der Waals surface area (Å²) in [7, 11) is 0. The summed E-state index contributed by atoms with van der Waals surface area (Å²) < 4.78 is 46.3. The molecular weight excluding hydrogens is 411 g/mol. The number of para-hydroxylation sites is 1. The summed E-state index contributed by atoms with van der Waals surface area (Å²) in [6.45, 7) is 0. The molecule has 0 aliphatic heterocycles. The first-order valence-corrected chi connectivity index (χ1v) is 8.99. The number of aliphatic carboxylic acids is 1. The predicted molar refractivity (Wildman–Crippen MR) is 107 cm³/mol. The first-order chi connectivity index (χ1) is 14.7. The lowest BCUT2D eigenvalue weighted by atomic mass is 10.0. The van der Waals surface area contributed by atoms with Crippen molar-refractivity contribution in [1.29, 1.82) is 0 Å². The maximum atomic E-state index is 13.6. The summed E-state index contributed by atoms with van der Waals surface area (Å²) in [4.78, 5) is 23.8. The molecule has 0 unspecified atom stereocenters. The molecule has 2 N–H and O–H groups in total. The van der Waals surface area contributed by atoms with Crippen LogP contribution in [0.4, 0.5) is 13.2 Å². The first-order valence-electron chi connectivity index (χ1n) is 8.99. The number of halogens is 3. The molecule has 31 heavy (non-hydrogen) atoms. The second kappa shape index (κ2) is 9.17. The van der Waals surface area contributed by atoms with E-state index >= 15 is 0 Å². The highest BCUT2D eigenvalue weighted by Crippen LogP contribution is 2.36. The fourth-order valence-electron chi connectivity index (χ4n) is 2.69. The van der Waals surface area contributed by atoms with Gasteiger partial charge < -0.3 is 15.2 Å². The van der Waals surface area contributed by atoms with Crippen LogP contribution in [-0.4, -0.2) is 17.0 Å². The highest BCUT2D eigenvalue weighted by molar-refractivity contribution is 6.02. The van der Waals surface area contributed by atoms with Crippen molar-refractivity contribution in [2.45, 2.75) is 6.18 Å². The van der Waals surface area contributed by atoms with Crippen LogP contribution in [0.5, 0.6) is 11.5 Å². The summed E-state index contributed by atoms with van der Waals surface area (Å²) in [5.41, 5.74) is -2.07. The lowest BCUT2D eigenvalue weighted by Gasteiger charge is -2.14. The molecule has 0 fully saturated rings. The van der Waals surface area contributed by atoms with Gasteiger partial charge in [-0.3, -0.25) is 4.79 Å². The Morgan fingerprint density at radius 1 is 0.871 bits per heavy atom. The SMILES string of the molecule is O=C(O)/C(=C\c1ccc(Oc2ccccc2)cc1C(F)(F)F)NC(=O)c1ccccc1. The fraction of sp³-hybridized carbons (Fsp3) is 0.0435. The van der Waals surface area contributed by atoms with Crippen molar-refractivity contribution in [3.05, 3.63) is 101 Å². The van der Waals surface area contributed by atoms with E-state index in [2.05, 4.69) is 5.32 Å². The van der Waals surface area contributed by atoms with E-state index in [0.717, 1.165) is 18.2 Å². The average molecular weight is 427 g/mol. The number of rotatable bonds is 6. The number of hydrogen-bond acceptors (Lipinski definition) is 3. The minimum atomic E-state index is -4.78. The number of alkyl halides is 3. The molecule has 0 aliphatic rings. The van der Waals surface area contributed by atoms with Crippen molar-refractivity contribution in [1.82, 2.24) is 5.32 Å². The Labute approximate surface area is 175 Å². The van der Waals surface area contributed by atoms with E-state index in [1.807, 2.05) is 0 Å². The second-order valence-electron chi connectivity index (χ2n) is 6.35. The predicted octanol–water partition coefficient (Wildman–Crippen LogP) is 5.35. The number of carboxylic acids is 1. The zero-order valence-corrected chi connectivity index (χ0v) is 15.9. The zero-order valence-electron chi connectivity index (χ0n) is 15.9. The number of carbonyl (C=O) groups is 2. The highest BCUT2D eigenvalue weighted by atomic mass is 19.4. The molecule has 1 amide bonds. The molecule has 0 spiro atoms. The van der Waals surface area contributed by atoms with Crippen LogP contribution < -0.4 is 10.1 Å². The fourth-order valence-corrected chi connectivity index (χ4v) is 2.69. The van der Waals surface area contributed by atoms with Gasteiger partial charge in [-0.05, 0) is 48.0 Å². The molecule has 8 heteroatoms. The van der Waals surface area contributed by atoms with Crippen LogP contribution in [0, 0.1) is 0 Å². The van der Waals surface area contributed by atoms with Gasteiger partial charge in [-0.2, -0.15) is 13.2 Å². The summed E-state index contributed by atoms with van der Waals surface area (Å²) >= 11 is 0. The molecule has 3 aromatic rings. The number of carboxylic acid groups (broad SMARTS) is 1. The normalized spacial score (nSPS) is 11.6. The van der Waals surface area contributed by atoms with Gasteiger partial charge in [-0.25, -0.2) is 4.79 Å². The van der Waals surface area contributed by atoms with Gasteiger partial charge in [-0.1, -0.05) is 42.5 Å². The van der Waals surface area contributed by atoms with Crippen molar-refractivity contribution in [3.63, 3.8) is 0 Å². The van der Waals surface area contributed by atoms with Crippen LogP contribution >= 0.6 is 0 Å². The summed E-state index contributed by atoms with van der Waals surface area (Å²) in [5, 5.41) is 11.5. The Balaban J connectivity index is 1.95. The lowest BCUT2D eigenvalue weighted by molar-refractivity contribution is -0.138. The van der Waals surface area contributed by atoms with E-state index in [9.17, 15) is 27.9 Å². The van der Waals surface area contributed by atoms with Gasteiger partial charge in [0.05, 0.1) is 5.56 Å². The molecule has 0 atom stereocenters. The third kappa shape index (κ3) is 5.72. The van der Waals surface area contributed by atoms with Gasteiger partial charge in [0.25, 0.3) is 5.91 Å². The molecule has 0 bridgehead atoms. The van der Waals surface area contributed by atoms with Gasteiger partial charge in [0.1, 0.15) is 17.2 Å². The molecule has 0 heterocycles. The Bertz CT molecular complexity index is 1110. The van der Waals surface area contributed by atoms with Gasteiger partial charge in [0.15, 0.2) is 0 Å². The Morgan fingerprint density at radius 3 is 2.06 bits per heavy atom. The van der Waals surface area contributed by atoms with E-state index in [-0.39, 0.29) is 11.3 Å². The molecule has 158 valence electrons. The summed E-state index contributed by atoms with van der Waals surface area (Å²) in [6.07, 6.45) is -4.02. The van der Waals surface area contributed by atoms with E-state index in [1.54, 1.807) is 48.5 Å². The molecular formula is C23H16F3NO4. The average Bonchev–Trinajstić information content (AvgIpc) is 2.74. The topological polar surface area (TPSA) is 75.6 Å². The number of benzene rings is 3. The number of amides is 1. The van der Waals surface area contributed by atoms with E-state index in [0.29, 0.717) is 5.75 Å². The van der Waals surface area contributed by atoms with Crippen LogP contribution in [0.25, 0.3) is 6.08 Å². The van der Waals surface area contributed by atoms with Gasteiger partial charge in [0, 0.05) is 5.56 Å². The maximum absolute atomic E-state index is 13.6. The third-order valence-corrected chi connectivity index (χ3v) is 4.12. The lowest BCUT2D eigenvalue weighted by Crippen LogP contribution is -2.27. The van der Waals surface area contributed by atoms with E-state index in [1.165, 1.54) is 18.2 Å². The molecule has 3 rings (SSSR count). The van der Waals surface area contributed by atoms with Gasteiger partial charge in [0.2, 0.25) is 0 Å².